The van der Waals surface area contributed by atoms with Crippen molar-refractivity contribution in [3.63, 3.8) is 0 Å². The second kappa shape index (κ2) is 11.5. The average Bonchev–Trinajstić information content (AvgIpc) is 3.15. The number of rotatable bonds is 12. The third kappa shape index (κ3) is 8.19. The van der Waals surface area contributed by atoms with Gasteiger partial charge in [0, 0.05) is 6.42 Å². The predicted octanol–water partition coefficient (Wildman–Crippen LogP) is 1.30. The van der Waals surface area contributed by atoms with E-state index >= 15 is 0 Å². The van der Waals surface area contributed by atoms with Crippen molar-refractivity contribution in [2.24, 2.45) is 5.92 Å². The van der Waals surface area contributed by atoms with Crippen molar-refractivity contribution in [3.05, 3.63) is 35.9 Å². The monoisotopic (exact) mass is 459 g/mol. The van der Waals surface area contributed by atoms with Crippen molar-refractivity contribution < 1.29 is 41.2 Å². The summed E-state index contributed by atoms with van der Waals surface area (Å²) in [6, 6.07) is 9.22. The molecule has 10 nitrogen and oxygen atoms in total. The molecular formula is C20H29NO9S. The number of hydroxylamine groups is 1. The summed E-state index contributed by atoms with van der Waals surface area (Å²) < 4.78 is 44.9. The van der Waals surface area contributed by atoms with Gasteiger partial charge in [0.15, 0.2) is 5.79 Å². The first-order valence-electron chi connectivity index (χ1n) is 9.86. The van der Waals surface area contributed by atoms with Crippen molar-refractivity contribution in [1.29, 1.82) is 0 Å². The molecule has 1 fully saturated rings. The molecule has 0 aromatic heterocycles. The molecule has 0 spiro atoms. The molecular weight excluding hydrogens is 430 g/mol. The highest BCUT2D eigenvalue weighted by atomic mass is 32.2. The molecule has 174 valence electrons. The van der Waals surface area contributed by atoms with E-state index in [1.165, 1.54) is 7.11 Å². The zero-order valence-electron chi connectivity index (χ0n) is 17.9. The lowest BCUT2D eigenvalue weighted by Gasteiger charge is -2.32. The van der Waals surface area contributed by atoms with E-state index in [2.05, 4.69) is 5.48 Å². The Balaban J connectivity index is 2.12. The maximum Gasteiger partial charge on any atom is 0.310 e. The van der Waals surface area contributed by atoms with Gasteiger partial charge in [-0.15, -0.1) is 0 Å². The van der Waals surface area contributed by atoms with Gasteiger partial charge in [-0.05, 0) is 12.0 Å². The Bertz CT molecular complexity index is 822. The summed E-state index contributed by atoms with van der Waals surface area (Å²) in [4.78, 5) is 29.9. The van der Waals surface area contributed by atoms with Gasteiger partial charge in [-0.3, -0.25) is 18.6 Å². The number of ether oxygens (including phenoxy) is 3. The molecule has 1 saturated heterocycles. The Kier molecular flexibility index (Phi) is 9.38. The number of benzene rings is 1. The highest BCUT2D eigenvalue weighted by Crippen LogP contribution is 2.33. The SMILES string of the molecule is CCC(C(=O)NOCc1ccccc1)C(CC1(CC(=O)OC)OCCO1)OS(C)(=O)=O. The van der Waals surface area contributed by atoms with Crippen LogP contribution in [0, 0.1) is 5.92 Å². The van der Waals surface area contributed by atoms with E-state index in [0.717, 1.165) is 11.8 Å². The quantitative estimate of drug-likeness (QED) is 0.279. The molecule has 1 heterocycles. The summed E-state index contributed by atoms with van der Waals surface area (Å²) in [5.74, 6) is -3.50. The third-order valence-electron chi connectivity index (χ3n) is 4.75. The Morgan fingerprint density at radius 1 is 1.19 bits per heavy atom. The molecule has 0 bridgehead atoms. The Hall–Kier alpha value is -2.05. The van der Waals surface area contributed by atoms with Crippen molar-refractivity contribution >= 4 is 22.0 Å². The summed E-state index contributed by atoms with van der Waals surface area (Å²) in [5, 5.41) is 0. The van der Waals surface area contributed by atoms with E-state index in [4.69, 9.17) is 23.2 Å². The lowest BCUT2D eigenvalue weighted by Crippen LogP contribution is -2.45. The van der Waals surface area contributed by atoms with E-state index < -0.39 is 39.8 Å². The van der Waals surface area contributed by atoms with Crippen molar-refractivity contribution in [3.8, 4) is 0 Å². The highest BCUT2D eigenvalue weighted by Gasteiger charge is 2.45. The zero-order chi connectivity index (χ0) is 22.9. The Morgan fingerprint density at radius 2 is 1.84 bits per heavy atom. The molecule has 11 heteroatoms. The second-order valence-electron chi connectivity index (χ2n) is 7.16. The van der Waals surface area contributed by atoms with Crippen LogP contribution in [0.3, 0.4) is 0 Å². The van der Waals surface area contributed by atoms with Crippen LogP contribution in [-0.2, 0) is 49.5 Å². The molecule has 0 radical (unpaired) electrons. The molecule has 1 amide bonds. The van der Waals surface area contributed by atoms with E-state index in [9.17, 15) is 18.0 Å². The molecule has 0 aliphatic carbocycles. The van der Waals surface area contributed by atoms with Crippen LogP contribution in [0.2, 0.25) is 0 Å². The van der Waals surface area contributed by atoms with Gasteiger partial charge in [0.25, 0.3) is 10.1 Å². The van der Waals surface area contributed by atoms with Crippen LogP contribution in [0.5, 0.6) is 0 Å². The van der Waals surface area contributed by atoms with Crippen LogP contribution >= 0.6 is 0 Å². The predicted molar refractivity (Wildman–Crippen MR) is 109 cm³/mol. The summed E-state index contributed by atoms with van der Waals surface area (Å²) in [6.07, 6.45) is -0.451. The standard InChI is InChI=1S/C20H29NO9S/c1-4-16(19(23)21-29-14-15-8-6-5-7-9-15)17(30-31(3,24)25)12-20(13-18(22)26-2)27-10-11-28-20/h5-9,16-17H,4,10-14H2,1-3H3,(H,21,23). The molecule has 1 aromatic rings. The minimum Gasteiger partial charge on any atom is -0.469 e. The number of methoxy groups -OCH3 is 1. The number of carbonyl (C=O) groups excluding carboxylic acids is 2. The molecule has 2 unspecified atom stereocenters. The summed E-state index contributed by atoms with van der Waals surface area (Å²) in [7, 11) is -2.70. The molecule has 1 aliphatic rings. The molecule has 1 aromatic carbocycles. The lowest BCUT2D eigenvalue weighted by molar-refractivity contribution is -0.194. The maximum absolute atomic E-state index is 12.8. The van der Waals surface area contributed by atoms with E-state index in [-0.39, 0.29) is 39.1 Å². The molecule has 1 aliphatic heterocycles. The van der Waals surface area contributed by atoms with Gasteiger partial charge >= 0.3 is 5.97 Å². The molecule has 1 N–H and O–H groups in total. The van der Waals surface area contributed by atoms with Crippen molar-refractivity contribution in [2.75, 3.05) is 26.6 Å². The van der Waals surface area contributed by atoms with E-state index in [1.54, 1.807) is 6.92 Å². The summed E-state index contributed by atoms with van der Waals surface area (Å²) in [6.45, 7) is 2.28. The number of esters is 1. The van der Waals surface area contributed by atoms with Crippen molar-refractivity contribution in [2.45, 2.75) is 44.7 Å². The molecule has 2 atom stereocenters. The number of hydrogen-bond acceptors (Lipinski definition) is 9. The van der Waals surface area contributed by atoms with Crippen LogP contribution in [0.1, 0.15) is 31.7 Å². The second-order valence-corrected chi connectivity index (χ2v) is 8.76. The number of hydrogen-bond donors (Lipinski definition) is 1. The fraction of sp³-hybridized carbons (Fsp3) is 0.600. The molecule has 0 saturated carbocycles. The zero-order valence-corrected chi connectivity index (χ0v) is 18.7. The number of amides is 1. The normalized spacial score (nSPS) is 17.6. The van der Waals surface area contributed by atoms with Crippen molar-refractivity contribution in [1.82, 2.24) is 5.48 Å². The molecule has 2 rings (SSSR count). The largest absolute Gasteiger partial charge is 0.469 e. The Morgan fingerprint density at radius 3 is 2.39 bits per heavy atom. The average molecular weight is 460 g/mol. The van der Waals surface area contributed by atoms with E-state index in [1.807, 2.05) is 30.3 Å². The summed E-state index contributed by atoms with van der Waals surface area (Å²) >= 11 is 0. The van der Waals surface area contributed by atoms with Gasteiger partial charge < -0.3 is 14.2 Å². The lowest BCUT2D eigenvalue weighted by atomic mass is 9.91. The van der Waals surface area contributed by atoms with Crippen LogP contribution in [0.4, 0.5) is 0 Å². The van der Waals surface area contributed by atoms with Crippen LogP contribution in [-0.4, -0.2) is 58.8 Å². The third-order valence-corrected chi connectivity index (χ3v) is 5.34. The smallest absolute Gasteiger partial charge is 0.310 e. The van der Waals surface area contributed by atoms with Crippen LogP contribution < -0.4 is 5.48 Å². The molecule has 31 heavy (non-hydrogen) atoms. The topological polar surface area (TPSA) is 126 Å². The highest BCUT2D eigenvalue weighted by molar-refractivity contribution is 7.86. The van der Waals surface area contributed by atoms with E-state index in [0.29, 0.717) is 0 Å². The van der Waals surface area contributed by atoms with Gasteiger partial charge in [-0.25, -0.2) is 5.48 Å². The number of carbonyl (C=O) groups is 2. The fourth-order valence-electron chi connectivity index (χ4n) is 3.31. The minimum absolute atomic E-state index is 0.138. The number of nitrogens with one attached hydrogen (secondary N) is 1. The minimum atomic E-state index is -3.93. The first-order chi connectivity index (χ1) is 14.7. The Labute approximate surface area is 182 Å². The first-order valence-corrected chi connectivity index (χ1v) is 11.7. The van der Waals surface area contributed by atoms with Gasteiger partial charge in [0.2, 0.25) is 5.91 Å². The summed E-state index contributed by atoms with van der Waals surface area (Å²) in [5.41, 5.74) is 3.20. The van der Waals surface area contributed by atoms with Crippen LogP contribution in [0.25, 0.3) is 0 Å². The van der Waals surface area contributed by atoms with Gasteiger partial charge in [-0.2, -0.15) is 8.42 Å². The van der Waals surface area contributed by atoms with Gasteiger partial charge in [0.1, 0.15) is 0 Å². The first kappa shape index (κ1) is 25.2. The van der Waals surface area contributed by atoms with Gasteiger partial charge in [-0.1, -0.05) is 37.3 Å². The fourth-order valence-corrected chi connectivity index (χ4v) is 3.96. The maximum atomic E-state index is 12.8. The van der Waals surface area contributed by atoms with Gasteiger partial charge in [0.05, 0.1) is 51.6 Å². The van der Waals surface area contributed by atoms with Crippen LogP contribution in [0.15, 0.2) is 30.3 Å².